The Bertz CT molecular complexity index is 950. The monoisotopic (exact) mass is 439 g/mol. The normalized spacial score (nSPS) is 19.8. The number of carbonyl (C=O) groups excluding carboxylic acids is 2. The molecule has 2 aromatic rings. The second kappa shape index (κ2) is 10.1. The van der Waals surface area contributed by atoms with Crippen molar-refractivity contribution in [3.05, 3.63) is 59.9 Å². The van der Waals surface area contributed by atoms with Crippen LogP contribution in [0.2, 0.25) is 0 Å². The highest BCUT2D eigenvalue weighted by molar-refractivity contribution is 5.99. The molecule has 170 valence electrons. The van der Waals surface area contributed by atoms with Gasteiger partial charge < -0.3 is 14.5 Å². The Hall–Kier alpha value is -2.93. The van der Waals surface area contributed by atoms with Gasteiger partial charge in [-0.1, -0.05) is 24.3 Å². The number of methoxy groups -OCH3 is 1. The van der Waals surface area contributed by atoms with Crippen molar-refractivity contribution in [1.82, 2.24) is 9.80 Å². The zero-order chi connectivity index (χ0) is 22.5. The minimum absolute atomic E-state index is 0.0469. The first-order chi connectivity index (χ1) is 15.6. The van der Waals surface area contributed by atoms with Gasteiger partial charge in [-0.2, -0.15) is 0 Å². The van der Waals surface area contributed by atoms with Crippen LogP contribution in [0.25, 0.3) is 0 Å². The molecule has 32 heavy (non-hydrogen) atoms. The second-order valence-corrected chi connectivity index (χ2v) is 8.36. The molecular formula is C25H30FN3O3. The molecule has 2 fully saturated rings. The van der Waals surface area contributed by atoms with Crippen molar-refractivity contribution < 1.29 is 18.7 Å². The van der Waals surface area contributed by atoms with Gasteiger partial charge in [0.1, 0.15) is 11.6 Å². The van der Waals surface area contributed by atoms with Crippen molar-refractivity contribution in [3.8, 4) is 5.75 Å². The number of hydrogen-bond donors (Lipinski definition) is 0. The van der Waals surface area contributed by atoms with Crippen molar-refractivity contribution >= 4 is 17.5 Å². The van der Waals surface area contributed by atoms with Crippen molar-refractivity contribution in [3.63, 3.8) is 0 Å². The first-order valence-corrected chi connectivity index (χ1v) is 11.3. The molecule has 4 rings (SSSR count). The first-order valence-electron chi connectivity index (χ1n) is 11.3. The van der Waals surface area contributed by atoms with E-state index in [1.807, 2.05) is 29.2 Å². The summed E-state index contributed by atoms with van der Waals surface area (Å²) in [6.07, 6.45) is 2.67. The van der Waals surface area contributed by atoms with E-state index in [9.17, 15) is 14.0 Å². The maximum absolute atomic E-state index is 14.2. The molecule has 0 N–H and O–H groups in total. The molecule has 0 bridgehead atoms. The zero-order valence-electron chi connectivity index (χ0n) is 18.5. The van der Waals surface area contributed by atoms with Crippen molar-refractivity contribution in [2.24, 2.45) is 0 Å². The van der Waals surface area contributed by atoms with Crippen LogP contribution >= 0.6 is 0 Å². The highest BCUT2D eigenvalue weighted by Crippen LogP contribution is 2.27. The largest absolute Gasteiger partial charge is 0.497 e. The lowest BCUT2D eigenvalue weighted by atomic mass is 10.1. The predicted octanol–water partition coefficient (Wildman–Crippen LogP) is 3.11. The van der Waals surface area contributed by atoms with Gasteiger partial charge in [-0.05, 0) is 49.1 Å². The van der Waals surface area contributed by atoms with Gasteiger partial charge in [0, 0.05) is 39.1 Å². The fraction of sp³-hybridized carbons (Fsp3) is 0.440. The molecule has 0 aliphatic carbocycles. The third-order valence-electron chi connectivity index (χ3n) is 6.43. The van der Waals surface area contributed by atoms with Gasteiger partial charge in [-0.15, -0.1) is 0 Å². The van der Waals surface area contributed by atoms with Gasteiger partial charge >= 0.3 is 0 Å². The highest BCUT2D eigenvalue weighted by atomic mass is 19.1. The number of benzene rings is 2. The highest BCUT2D eigenvalue weighted by Gasteiger charge is 2.38. The smallest absolute Gasteiger partial charge is 0.244 e. The molecule has 0 saturated carbocycles. The van der Waals surface area contributed by atoms with E-state index in [0.29, 0.717) is 51.1 Å². The van der Waals surface area contributed by atoms with Crippen LogP contribution in [0.3, 0.4) is 0 Å². The number of anilines is 1. The molecule has 1 unspecified atom stereocenters. The molecule has 2 saturated heterocycles. The van der Waals surface area contributed by atoms with Gasteiger partial charge in [-0.25, -0.2) is 4.39 Å². The maximum Gasteiger partial charge on any atom is 0.244 e. The molecule has 2 aliphatic heterocycles. The van der Waals surface area contributed by atoms with Crippen molar-refractivity contribution in [1.29, 1.82) is 0 Å². The Kier molecular flexibility index (Phi) is 7.05. The molecule has 0 aromatic heterocycles. The minimum atomic E-state index is -0.369. The summed E-state index contributed by atoms with van der Waals surface area (Å²) in [5, 5.41) is 0. The van der Waals surface area contributed by atoms with E-state index in [-0.39, 0.29) is 23.7 Å². The second-order valence-electron chi connectivity index (χ2n) is 8.36. The van der Waals surface area contributed by atoms with Crippen LogP contribution in [0.15, 0.2) is 48.5 Å². The van der Waals surface area contributed by atoms with Crippen LogP contribution in [0.4, 0.5) is 10.1 Å². The summed E-state index contributed by atoms with van der Waals surface area (Å²) in [7, 11) is 1.64. The Labute approximate surface area is 188 Å². The van der Waals surface area contributed by atoms with Crippen LogP contribution in [0, 0.1) is 5.82 Å². The fourth-order valence-corrected chi connectivity index (χ4v) is 4.61. The SMILES string of the molecule is COc1ccc(CCC(=O)N2CCCN(C3CCN(c4ccccc4F)C3=O)CC2)cc1. The summed E-state index contributed by atoms with van der Waals surface area (Å²) in [6, 6.07) is 14.0. The van der Waals surface area contributed by atoms with Crippen LogP contribution in [0.1, 0.15) is 24.8 Å². The van der Waals surface area contributed by atoms with Crippen molar-refractivity contribution in [2.45, 2.75) is 31.7 Å². The zero-order valence-corrected chi connectivity index (χ0v) is 18.5. The lowest BCUT2D eigenvalue weighted by Gasteiger charge is -2.27. The van der Waals surface area contributed by atoms with E-state index >= 15 is 0 Å². The lowest BCUT2D eigenvalue weighted by Crippen LogP contribution is -2.44. The van der Waals surface area contributed by atoms with Gasteiger partial charge in [0.2, 0.25) is 11.8 Å². The van der Waals surface area contributed by atoms with E-state index in [2.05, 4.69) is 4.90 Å². The quantitative estimate of drug-likeness (QED) is 0.694. The molecule has 2 aliphatic rings. The van der Waals surface area contributed by atoms with E-state index in [1.54, 1.807) is 30.2 Å². The minimum Gasteiger partial charge on any atom is -0.497 e. The molecular weight excluding hydrogens is 409 g/mol. The molecule has 2 aromatic carbocycles. The molecule has 6 nitrogen and oxygen atoms in total. The van der Waals surface area contributed by atoms with Crippen LogP contribution in [0.5, 0.6) is 5.75 Å². The van der Waals surface area contributed by atoms with Crippen LogP contribution < -0.4 is 9.64 Å². The fourth-order valence-electron chi connectivity index (χ4n) is 4.61. The number of hydrogen-bond acceptors (Lipinski definition) is 4. The van der Waals surface area contributed by atoms with Gasteiger partial charge in [0.25, 0.3) is 0 Å². The first kappa shape index (κ1) is 22.3. The van der Waals surface area contributed by atoms with Crippen LogP contribution in [-0.2, 0) is 16.0 Å². The standard InChI is InChI=1S/C25H30FN3O3/c1-32-20-10-7-19(8-11-20)9-12-24(30)28-15-4-14-27(17-18-28)23-13-16-29(25(23)31)22-6-3-2-5-21(22)26/h2-3,5-8,10-11,23H,4,9,12-18H2,1H3. The topological polar surface area (TPSA) is 53.1 Å². The third-order valence-corrected chi connectivity index (χ3v) is 6.43. The van der Waals surface area contributed by atoms with E-state index in [1.165, 1.54) is 6.07 Å². The number of ether oxygens (including phenoxy) is 1. The Morgan fingerprint density at radius 3 is 2.56 bits per heavy atom. The number of para-hydroxylation sites is 1. The summed E-state index contributed by atoms with van der Waals surface area (Å²) in [5.74, 6) is 0.538. The Morgan fingerprint density at radius 1 is 1.03 bits per heavy atom. The summed E-state index contributed by atoms with van der Waals surface area (Å²) in [5.41, 5.74) is 1.46. The van der Waals surface area contributed by atoms with E-state index < -0.39 is 0 Å². The van der Waals surface area contributed by atoms with Gasteiger partial charge in [0.15, 0.2) is 0 Å². The molecule has 2 amide bonds. The van der Waals surface area contributed by atoms with E-state index in [0.717, 1.165) is 24.3 Å². The number of nitrogens with zero attached hydrogens (tertiary/aromatic N) is 3. The lowest BCUT2D eigenvalue weighted by molar-refractivity contribution is -0.131. The number of rotatable bonds is 6. The Balaban J connectivity index is 1.30. The summed E-state index contributed by atoms with van der Waals surface area (Å²) in [4.78, 5) is 31.4. The number of amides is 2. The van der Waals surface area contributed by atoms with E-state index in [4.69, 9.17) is 4.74 Å². The van der Waals surface area contributed by atoms with Gasteiger partial charge in [0.05, 0.1) is 18.8 Å². The van der Waals surface area contributed by atoms with Crippen molar-refractivity contribution in [2.75, 3.05) is 44.7 Å². The van der Waals surface area contributed by atoms with Crippen LogP contribution in [-0.4, -0.2) is 67.5 Å². The summed E-state index contributed by atoms with van der Waals surface area (Å²) in [6.45, 7) is 3.27. The third kappa shape index (κ3) is 4.93. The summed E-state index contributed by atoms with van der Waals surface area (Å²) < 4.78 is 19.3. The Morgan fingerprint density at radius 2 is 1.81 bits per heavy atom. The molecule has 1 atom stereocenters. The molecule has 0 radical (unpaired) electrons. The number of aryl methyl sites for hydroxylation is 1. The predicted molar refractivity (Wildman–Crippen MR) is 121 cm³/mol. The number of halogens is 1. The molecule has 7 heteroatoms. The maximum atomic E-state index is 14.2. The molecule has 2 heterocycles. The average Bonchev–Trinajstić information content (AvgIpc) is 3.03. The number of carbonyl (C=O) groups is 2. The molecule has 0 spiro atoms. The summed E-state index contributed by atoms with van der Waals surface area (Å²) >= 11 is 0. The average molecular weight is 440 g/mol. The van der Waals surface area contributed by atoms with Gasteiger partial charge in [-0.3, -0.25) is 14.5 Å².